The van der Waals surface area contributed by atoms with E-state index in [0.29, 0.717) is 0 Å². The molecule has 1 heteroatoms. The Hall–Kier alpha value is -1.11. The summed E-state index contributed by atoms with van der Waals surface area (Å²) in [6.45, 7) is 9.84. The van der Waals surface area contributed by atoms with Crippen LogP contribution in [0.3, 0.4) is 0 Å². The van der Waals surface area contributed by atoms with Gasteiger partial charge in [-0.15, -0.1) is 0 Å². The summed E-state index contributed by atoms with van der Waals surface area (Å²) in [6, 6.07) is 6.15. The van der Waals surface area contributed by atoms with Crippen molar-refractivity contribution in [2.24, 2.45) is 0 Å². The van der Waals surface area contributed by atoms with Crippen LogP contribution >= 0.6 is 0 Å². The summed E-state index contributed by atoms with van der Waals surface area (Å²) in [7, 11) is 0. The lowest BCUT2D eigenvalue weighted by molar-refractivity contribution is 0.101. The maximum atomic E-state index is 11.2. The minimum absolute atomic E-state index is 0.157. The summed E-state index contributed by atoms with van der Waals surface area (Å²) >= 11 is 0. The van der Waals surface area contributed by atoms with E-state index in [1.165, 1.54) is 11.1 Å². The SMILES string of the molecule is CC.CCc1cc(CC)cc(C(C)=O)c1. The zero-order chi connectivity index (χ0) is 11.8. The number of benzene rings is 1. The maximum absolute atomic E-state index is 11.2. The largest absolute Gasteiger partial charge is 0.295 e. The molecular formula is C14H22O. The molecule has 0 aliphatic rings. The monoisotopic (exact) mass is 206 g/mol. The van der Waals surface area contributed by atoms with Crippen molar-refractivity contribution in [2.75, 3.05) is 0 Å². The van der Waals surface area contributed by atoms with Crippen molar-refractivity contribution in [1.29, 1.82) is 0 Å². The van der Waals surface area contributed by atoms with E-state index >= 15 is 0 Å². The number of carbonyl (C=O) groups excluding carboxylic acids is 1. The van der Waals surface area contributed by atoms with Gasteiger partial charge in [-0.3, -0.25) is 4.79 Å². The van der Waals surface area contributed by atoms with Gasteiger partial charge >= 0.3 is 0 Å². The zero-order valence-electron chi connectivity index (χ0n) is 10.6. The van der Waals surface area contributed by atoms with Crippen LogP contribution < -0.4 is 0 Å². The Morgan fingerprint density at radius 2 is 1.40 bits per heavy atom. The van der Waals surface area contributed by atoms with Crippen LogP contribution in [0.5, 0.6) is 0 Å². The van der Waals surface area contributed by atoms with Gasteiger partial charge in [-0.2, -0.15) is 0 Å². The third-order valence-electron chi connectivity index (χ3n) is 2.28. The highest BCUT2D eigenvalue weighted by Gasteiger charge is 2.02. The average molecular weight is 206 g/mol. The van der Waals surface area contributed by atoms with Gasteiger partial charge in [-0.05, 0) is 43.0 Å². The average Bonchev–Trinajstić information content (AvgIpc) is 2.30. The first kappa shape index (κ1) is 13.9. The van der Waals surface area contributed by atoms with Gasteiger partial charge in [0.2, 0.25) is 0 Å². The molecule has 0 fully saturated rings. The summed E-state index contributed by atoms with van der Waals surface area (Å²) in [5, 5.41) is 0. The fourth-order valence-electron chi connectivity index (χ4n) is 1.37. The molecule has 0 amide bonds. The Morgan fingerprint density at radius 1 is 1.00 bits per heavy atom. The van der Waals surface area contributed by atoms with Crippen molar-refractivity contribution in [2.45, 2.75) is 47.5 Å². The highest BCUT2D eigenvalue weighted by molar-refractivity contribution is 5.94. The Kier molecular flexibility index (Phi) is 6.68. The minimum atomic E-state index is 0.157. The van der Waals surface area contributed by atoms with E-state index in [4.69, 9.17) is 0 Å². The summed E-state index contributed by atoms with van der Waals surface area (Å²) in [4.78, 5) is 11.2. The lowest BCUT2D eigenvalue weighted by Gasteiger charge is -2.04. The van der Waals surface area contributed by atoms with Crippen LogP contribution in [0, 0.1) is 0 Å². The van der Waals surface area contributed by atoms with Gasteiger partial charge in [0.05, 0.1) is 0 Å². The highest BCUT2D eigenvalue weighted by Crippen LogP contribution is 2.12. The van der Waals surface area contributed by atoms with Crippen LogP contribution in [0.2, 0.25) is 0 Å². The summed E-state index contributed by atoms with van der Waals surface area (Å²) in [5.41, 5.74) is 3.35. The van der Waals surface area contributed by atoms with Gasteiger partial charge in [-0.1, -0.05) is 33.8 Å². The van der Waals surface area contributed by atoms with Gasteiger partial charge in [0, 0.05) is 5.56 Å². The molecule has 15 heavy (non-hydrogen) atoms. The van der Waals surface area contributed by atoms with Crippen molar-refractivity contribution in [3.63, 3.8) is 0 Å². The maximum Gasteiger partial charge on any atom is 0.159 e. The molecule has 1 aromatic rings. The fraction of sp³-hybridized carbons (Fsp3) is 0.500. The topological polar surface area (TPSA) is 17.1 Å². The smallest absolute Gasteiger partial charge is 0.159 e. The first-order valence-corrected chi connectivity index (χ1v) is 5.81. The number of Topliss-reactive ketones (excluding diaryl/α,β-unsaturated/α-hetero) is 1. The third kappa shape index (κ3) is 4.28. The Balaban J connectivity index is 0.000000921. The van der Waals surface area contributed by atoms with Crippen LogP contribution in [0.15, 0.2) is 18.2 Å². The number of hydrogen-bond donors (Lipinski definition) is 0. The zero-order valence-corrected chi connectivity index (χ0v) is 10.6. The number of carbonyl (C=O) groups is 1. The van der Waals surface area contributed by atoms with Gasteiger partial charge in [-0.25, -0.2) is 0 Å². The molecule has 0 spiro atoms. The van der Waals surface area contributed by atoms with Crippen molar-refractivity contribution in [1.82, 2.24) is 0 Å². The summed E-state index contributed by atoms with van der Waals surface area (Å²) < 4.78 is 0. The Morgan fingerprint density at radius 3 is 1.67 bits per heavy atom. The quantitative estimate of drug-likeness (QED) is 0.682. The third-order valence-corrected chi connectivity index (χ3v) is 2.28. The predicted molar refractivity (Wildman–Crippen MR) is 66.6 cm³/mol. The molecule has 0 saturated heterocycles. The Bertz CT molecular complexity index is 291. The minimum Gasteiger partial charge on any atom is -0.295 e. The van der Waals surface area contributed by atoms with E-state index in [9.17, 15) is 4.79 Å². The molecule has 0 heterocycles. The van der Waals surface area contributed by atoms with Crippen LogP contribution in [0.1, 0.15) is 56.1 Å². The molecule has 0 aromatic heterocycles. The predicted octanol–water partition coefficient (Wildman–Crippen LogP) is 4.04. The molecule has 1 nitrogen and oxygen atoms in total. The van der Waals surface area contributed by atoms with Crippen LogP contribution in [0.4, 0.5) is 0 Å². The lowest BCUT2D eigenvalue weighted by atomic mass is 10.0. The molecule has 0 bridgehead atoms. The molecule has 1 aromatic carbocycles. The van der Waals surface area contributed by atoms with Gasteiger partial charge < -0.3 is 0 Å². The number of rotatable bonds is 3. The summed E-state index contributed by atoms with van der Waals surface area (Å²) in [5.74, 6) is 0.157. The highest BCUT2D eigenvalue weighted by atomic mass is 16.1. The van der Waals surface area contributed by atoms with Crippen LogP contribution in [-0.2, 0) is 12.8 Å². The van der Waals surface area contributed by atoms with E-state index < -0.39 is 0 Å². The molecule has 0 atom stereocenters. The fourth-order valence-corrected chi connectivity index (χ4v) is 1.37. The second-order valence-corrected chi connectivity index (χ2v) is 3.30. The van der Waals surface area contributed by atoms with Gasteiger partial charge in [0.25, 0.3) is 0 Å². The standard InChI is InChI=1S/C12H16O.C2H6/c1-4-10-6-11(5-2)8-12(7-10)9(3)13;1-2/h6-8H,4-5H2,1-3H3;1-2H3. The normalized spacial score (nSPS) is 9.13. The molecule has 0 radical (unpaired) electrons. The first-order chi connectivity index (χ1) is 7.17. The second-order valence-electron chi connectivity index (χ2n) is 3.30. The molecule has 0 aliphatic carbocycles. The van der Waals surface area contributed by atoms with Crippen LogP contribution in [-0.4, -0.2) is 5.78 Å². The molecule has 84 valence electrons. The first-order valence-electron chi connectivity index (χ1n) is 5.81. The molecule has 0 unspecified atom stereocenters. The lowest BCUT2D eigenvalue weighted by Crippen LogP contribution is -1.96. The summed E-state index contributed by atoms with van der Waals surface area (Å²) in [6.07, 6.45) is 1.99. The van der Waals surface area contributed by atoms with Crippen molar-refractivity contribution in [3.8, 4) is 0 Å². The molecule has 1 rings (SSSR count). The van der Waals surface area contributed by atoms with E-state index in [2.05, 4.69) is 19.9 Å². The Labute approximate surface area is 93.5 Å². The number of aryl methyl sites for hydroxylation is 2. The van der Waals surface area contributed by atoms with E-state index in [0.717, 1.165) is 18.4 Å². The molecular weight excluding hydrogens is 184 g/mol. The van der Waals surface area contributed by atoms with E-state index in [1.54, 1.807) is 6.92 Å². The van der Waals surface area contributed by atoms with Crippen molar-refractivity contribution in [3.05, 3.63) is 34.9 Å². The van der Waals surface area contributed by atoms with Crippen molar-refractivity contribution >= 4 is 5.78 Å². The van der Waals surface area contributed by atoms with E-state index in [-0.39, 0.29) is 5.78 Å². The number of hydrogen-bond acceptors (Lipinski definition) is 1. The second kappa shape index (κ2) is 7.22. The molecule has 0 N–H and O–H groups in total. The number of ketones is 1. The van der Waals surface area contributed by atoms with Crippen molar-refractivity contribution < 1.29 is 4.79 Å². The van der Waals surface area contributed by atoms with Gasteiger partial charge in [0.15, 0.2) is 5.78 Å². The van der Waals surface area contributed by atoms with Gasteiger partial charge in [0.1, 0.15) is 0 Å². The molecule has 0 aliphatic heterocycles. The molecule has 0 saturated carbocycles. The van der Waals surface area contributed by atoms with E-state index in [1.807, 2.05) is 26.0 Å². The van der Waals surface area contributed by atoms with Crippen LogP contribution in [0.25, 0.3) is 0 Å².